The number of carbonyl (C=O) groups excluding carboxylic acids is 3. The summed E-state index contributed by atoms with van der Waals surface area (Å²) in [4.78, 5) is 43.5. The van der Waals surface area contributed by atoms with E-state index < -0.39 is 12.1 Å². The van der Waals surface area contributed by atoms with Gasteiger partial charge < -0.3 is 20.7 Å². The Hall–Kier alpha value is -1.67. The van der Waals surface area contributed by atoms with Crippen LogP contribution in [-0.2, 0) is 19.1 Å². The van der Waals surface area contributed by atoms with Gasteiger partial charge in [-0.3, -0.25) is 19.3 Å². The second kappa shape index (κ2) is 17.0. The number of likely N-dealkylation sites (N-methyl/N-ethyl adjacent to an activating group) is 2. The molecule has 4 aliphatic rings. The SMILES string of the molecule is CCNC(=O)[C@@H]1CC2CCCC(C2)OC2CCCC(C2)C[C@H](N(CC)CC)C(=O)N[C@@H](CCC2CCCCC2)C(=O)N1. The third kappa shape index (κ3) is 9.67. The van der Waals surface area contributed by atoms with Gasteiger partial charge in [0.2, 0.25) is 17.7 Å². The summed E-state index contributed by atoms with van der Waals surface area (Å²) in [5.74, 6) is 1.03. The zero-order valence-electron chi connectivity index (χ0n) is 26.8. The number of amides is 3. The average Bonchev–Trinajstić information content (AvgIpc) is 2.99. The van der Waals surface area contributed by atoms with Crippen LogP contribution in [0.4, 0.5) is 0 Å². The Labute approximate surface area is 255 Å². The van der Waals surface area contributed by atoms with Gasteiger partial charge in [-0.1, -0.05) is 71.6 Å². The molecule has 3 aliphatic carbocycles. The molecule has 0 aromatic heterocycles. The molecule has 0 spiro atoms. The molecule has 3 amide bonds. The molecule has 7 atom stereocenters. The molecule has 1 heterocycles. The Kier molecular flexibility index (Phi) is 13.4. The average molecular weight is 589 g/mol. The van der Waals surface area contributed by atoms with Crippen LogP contribution in [0, 0.1) is 17.8 Å². The minimum absolute atomic E-state index is 0.0379. The molecule has 0 radical (unpaired) electrons. The highest BCUT2D eigenvalue weighted by Crippen LogP contribution is 2.36. The standard InChI is InChI=1S/C34H60N4O4/c1-4-35-32(39)30-22-25-14-10-16-27(20-25)42-28-17-11-15-26(21-28)23-31(38(5-2)6-3)34(41)36-29(33(40)37-30)19-18-24-12-8-7-9-13-24/h24-31H,4-23H2,1-3H3,(H,35,39)(H,36,41)(H,37,40)/t25?,26?,27?,28?,29-,30-,31-/m0/s1. The van der Waals surface area contributed by atoms with Crippen molar-refractivity contribution in [2.24, 2.45) is 17.8 Å². The number of hydrogen-bond acceptors (Lipinski definition) is 5. The smallest absolute Gasteiger partial charge is 0.243 e. The molecule has 8 nitrogen and oxygen atoms in total. The van der Waals surface area contributed by atoms with E-state index in [4.69, 9.17) is 4.74 Å². The third-order valence-corrected chi connectivity index (χ3v) is 10.7. The van der Waals surface area contributed by atoms with E-state index in [0.717, 1.165) is 77.3 Å². The summed E-state index contributed by atoms with van der Waals surface area (Å²) in [5.41, 5.74) is 0. The molecular weight excluding hydrogens is 528 g/mol. The second-order valence-corrected chi connectivity index (χ2v) is 13.8. The van der Waals surface area contributed by atoms with E-state index >= 15 is 0 Å². The fourth-order valence-corrected chi connectivity index (χ4v) is 8.38. The minimum Gasteiger partial charge on any atom is -0.375 e. The predicted octanol–water partition coefficient (Wildman–Crippen LogP) is 5.09. The lowest BCUT2D eigenvalue weighted by Gasteiger charge is -2.39. The zero-order valence-corrected chi connectivity index (χ0v) is 26.8. The fraction of sp³-hybridized carbons (Fsp3) is 0.912. The van der Waals surface area contributed by atoms with Gasteiger partial charge in [0, 0.05) is 6.54 Å². The Bertz CT molecular complexity index is 858. The van der Waals surface area contributed by atoms with Gasteiger partial charge in [0.1, 0.15) is 12.1 Å². The molecule has 240 valence electrons. The Balaban J connectivity index is 1.60. The van der Waals surface area contributed by atoms with Gasteiger partial charge in [-0.2, -0.15) is 0 Å². The van der Waals surface area contributed by atoms with Crippen molar-refractivity contribution in [3.05, 3.63) is 0 Å². The molecule has 1 saturated heterocycles. The van der Waals surface area contributed by atoms with Crippen molar-refractivity contribution in [3.63, 3.8) is 0 Å². The van der Waals surface area contributed by atoms with Crippen molar-refractivity contribution in [3.8, 4) is 0 Å². The van der Waals surface area contributed by atoms with Crippen molar-refractivity contribution in [2.45, 2.75) is 160 Å². The number of nitrogens with zero attached hydrogens (tertiary/aromatic N) is 1. The van der Waals surface area contributed by atoms with Crippen LogP contribution in [0.2, 0.25) is 0 Å². The molecule has 3 N–H and O–H groups in total. The van der Waals surface area contributed by atoms with E-state index in [9.17, 15) is 14.4 Å². The second-order valence-electron chi connectivity index (χ2n) is 13.8. The molecule has 4 bridgehead atoms. The van der Waals surface area contributed by atoms with Gasteiger partial charge >= 0.3 is 0 Å². The molecule has 0 aromatic carbocycles. The van der Waals surface area contributed by atoms with E-state index in [0.29, 0.717) is 37.1 Å². The van der Waals surface area contributed by atoms with Crippen LogP contribution >= 0.6 is 0 Å². The van der Waals surface area contributed by atoms with E-state index in [1.807, 2.05) is 6.92 Å². The molecule has 3 saturated carbocycles. The number of fused-ring (bicyclic) bond motifs is 4. The van der Waals surface area contributed by atoms with E-state index in [1.54, 1.807) is 0 Å². The Morgan fingerprint density at radius 1 is 0.762 bits per heavy atom. The fourth-order valence-electron chi connectivity index (χ4n) is 8.38. The maximum Gasteiger partial charge on any atom is 0.243 e. The first-order valence-electron chi connectivity index (χ1n) is 17.7. The zero-order chi connectivity index (χ0) is 29.9. The number of carbonyl (C=O) groups is 3. The normalized spacial score (nSPS) is 34.0. The van der Waals surface area contributed by atoms with Crippen molar-refractivity contribution >= 4 is 17.7 Å². The quantitative estimate of drug-likeness (QED) is 0.367. The molecule has 4 rings (SSSR count). The van der Waals surface area contributed by atoms with Crippen LogP contribution < -0.4 is 16.0 Å². The molecule has 4 fully saturated rings. The van der Waals surface area contributed by atoms with Crippen LogP contribution in [0.3, 0.4) is 0 Å². The van der Waals surface area contributed by atoms with Crippen LogP contribution in [0.15, 0.2) is 0 Å². The summed E-state index contributed by atoms with van der Waals surface area (Å²) in [5, 5.41) is 9.33. The molecule has 8 heteroatoms. The highest BCUT2D eigenvalue weighted by Gasteiger charge is 2.37. The topological polar surface area (TPSA) is 99.8 Å². The molecule has 1 aliphatic heterocycles. The van der Waals surface area contributed by atoms with Gasteiger partial charge in [-0.05, 0) is 89.1 Å². The number of rotatable bonds is 8. The van der Waals surface area contributed by atoms with Crippen molar-refractivity contribution < 1.29 is 19.1 Å². The summed E-state index contributed by atoms with van der Waals surface area (Å²) in [6.45, 7) is 8.26. The van der Waals surface area contributed by atoms with Crippen LogP contribution in [0.25, 0.3) is 0 Å². The summed E-state index contributed by atoms with van der Waals surface area (Å²) in [6, 6.07) is -1.48. The summed E-state index contributed by atoms with van der Waals surface area (Å²) >= 11 is 0. The van der Waals surface area contributed by atoms with E-state index in [1.165, 1.54) is 32.1 Å². The van der Waals surface area contributed by atoms with Crippen molar-refractivity contribution in [1.82, 2.24) is 20.9 Å². The first kappa shape index (κ1) is 33.2. The summed E-state index contributed by atoms with van der Waals surface area (Å²) in [7, 11) is 0. The van der Waals surface area contributed by atoms with E-state index in [-0.39, 0.29) is 36.0 Å². The first-order chi connectivity index (χ1) is 20.4. The Morgan fingerprint density at radius 2 is 1.40 bits per heavy atom. The van der Waals surface area contributed by atoms with Gasteiger partial charge in [0.15, 0.2) is 0 Å². The van der Waals surface area contributed by atoms with Crippen LogP contribution in [0.5, 0.6) is 0 Å². The molecular formula is C34H60N4O4. The molecule has 0 aromatic rings. The van der Waals surface area contributed by atoms with Crippen molar-refractivity contribution in [1.29, 1.82) is 0 Å². The molecule has 4 unspecified atom stereocenters. The summed E-state index contributed by atoms with van der Waals surface area (Å²) in [6.07, 6.45) is 18.3. The number of nitrogens with one attached hydrogen (secondary N) is 3. The predicted molar refractivity (Wildman–Crippen MR) is 167 cm³/mol. The van der Waals surface area contributed by atoms with Crippen LogP contribution in [-0.4, -0.2) is 72.6 Å². The highest BCUT2D eigenvalue weighted by molar-refractivity contribution is 5.93. The maximum atomic E-state index is 14.1. The van der Waals surface area contributed by atoms with Crippen molar-refractivity contribution in [2.75, 3.05) is 19.6 Å². The van der Waals surface area contributed by atoms with Gasteiger partial charge in [-0.25, -0.2) is 0 Å². The maximum absolute atomic E-state index is 14.1. The lowest BCUT2D eigenvalue weighted by atomic mass is 9.80. The lowest BCUT2D eigenvalue weighted by Crippen LogP contribution is -2.57. The third-order valence-electron chi connectivity index (χ3n) is 10.7. The highest BCUT2D eigenvalue weighted by atomic mass is 16.5. The Morgan fingerprint density at radius 3 is 2.02 bits per heavy atom. The number of ether oxygens (including phenoxy) is 1. The lowest BCUT2D eigenvalue weighted by molar-refractivity contribution is -0.135. The van der Waals surface area contributed by atoms with Crippen LogP contribution in [0.1, 0.15) is 130 Å². The van der Waals surface area contributed by atoms with Gasteiger partial charge in [-0.15, -0.1) is 0 Å². The first-order valence-corrected chi connectivity index (χ1v) is 17.7. The minimum atomic E-state index is -0.621. The summed E-state index contributed by atoms with van der Waals surface area (Å²) < 4.78 is 6.74. The van der Waals surface area contributed by atoms with E-state index in [2.05, 4.69) is 34.7 Å². The van der Waals surface area contributed by atoms with Gasteiger partial charge in [0.05, 0.1) is 18.2 Å². The number of hydrogen-bond donors (Lipinski definition) is 3. The largest absolute Gasteiger partial charge is 0.375 e. The molecule has 42 heavy (non-hydrogen) atoms. The monoisotopic (exact) mass is 588 g/mol. The van der Waals surface area contributed by atoms with Gasteiger partial charge in [0.25, 0.3) is 0 Å².